The Morgan fingerprint density at radius 2 is 1.76 bits per heavy atom. The highest BCUT2D eigenvalue weighted by molar-refractivity contribution is 5.97. The third-order valence-electron chi connectivity index (χ3n) is 7.67. The topological polar surface area (TPSA) is 66.0 Å². The molecule has 0 unspecified atom stereocenters. The molecular weight excluding hydrogens is 466 g/mol. The zero-order valence-electron chi connectivity index (χ0n) is 22.8. The predicted octanol–water partition coefficient (Wildman–Crippen LogP) is 7.17. The van der Waals surface area contributed by atoms with E-state index < -0.39 is 0 Å². The van der Waals surface area contributed by atoms with E-state index in [0.29, 0.717) is 5.96 Å². The molecule has 2 aliphatic rings. The Morgan fingerprint density at radius 3 is 2.58 bits per heavy atom. The van der Waals surface area contributed by atoms with E-state index in [0.717, 1.165) is 67.2 Å². The molecule has 0 atom stereocenters. The van der Waals surface area contributed by atoms with Crippen molar-refractivity contribution in [2.24, 2.45) is 9.98 Å². The first kappa shape index (κ1) is 25.8. The molecule has 1 saturated heterocycles. The van der Waals surface area contributed by atoms with Crippen molar-refractivity contribution in [1.29, 1.82) is 0 Å². The van der Waals surface area contributed by atoms with Gasteiger partial charge in [0.2, 0.25) is 5.96 Å². The van der Waals surface area contributed by atoms with Crippen molar-refractivity contribution in [3.63, 3.8) is 0 Å². The van der Waals surface area contributed by atoms with Gasteiger partial charge in [-0.05, 0) is 110 Å². The molecule has 3 aromatic rings. The number of aryl methyl sites for hydroxylation is 2. The van der Waals surface area contributed by atoms with Gasteiger partial charge in [0.05, 0.1) is 5.69 Å². The molecule has 1 fully saturated rings. The lowest BCUT2D eigenvalue weighted by Crippen LogP contribution is -2.35. The number of rotatable bonds is 6. The number of anilines is 1. The molecule has 0 amide bonds. The Kier molecular flexibility index (Phi) is 7.92. The third kappa shape index (κ3) is 6.16. The number of hydrogen-bond donors (Lipinski definition) is 2. The summed E-state index contributed by atoms with van der Waals surface area (Å²) in [6.45, 7) is 10.5. The second-order valence-electron chi connectivity index (χ2n) is 10.6. The van der Waals surface area contributed by atoms with Crippen molar-refractivity contribution in [3.05, 3.63) is 95.2 Å². The van der Waals surface area contributed by atoms with Crippen LogP contribution in [-0.4, -0.2) is 29.8 Å². The van der Waals surface area contributed by atoms with E-state index in [1.165, 1.54) is 47.1 Å². The summed E-state index contributed by atoms with van der Waals surface area (Å²) in [5.74, 6) is 1.61. The van der Waals surface area contributed by atoms with E-state index in [4.69, 9.17) is 15.7 Å². The van der Waals surface area contributed by atoms with Gasteiger partial charge in [-0.3, -0.25) is 0 Å². The maximum atomic E-state index is 6.10. The molecular formula is C33H39N5. The van der Waals surface area contributed by atoms with Gasteiger partial charge < -0.3 is 16.0 Å². The molecule has 0 aromatic heterocycles. The molecule has 0 bridgehead atoms. The molecule has 0 saturated carbocycles. The Hall–Kier alpha value is -3.86. The predicted molar refractivity (Wildman–Crippen MR) is 161 cm³/mol. The van der Waals surface area contributed by atoms with E-state index in [-0.39, 0.29) is 0 Å². The van der Waals surface area contributed by atoms with Crippen molar-refractivity contribution in [1.82, 2.24) is 10.2 Å². The lowest BCUT2D eigenvalue weighted by Gasteiger charge is -2.28. The summed E-state index contributed by atoms with van der Waals surface area (Å²) in [4.78, 5) is 12.3. The summed E-state index contributed by atoms with van der Waals surface area (Å²) in [5.41, 5.74) is 16.5. The molecule has 3 aromatic carbocycles. The van der Waals surface area contributed by atoms with Gasteiger partial charge in [0.1, 0.15) is 5.84 Å². The first-order valence-electron chi connectivity index (χ1n) is 13.9. The van der Waals surface area contributed by atoms with Crippen LogP contribution in [-0.2, 0) is 12.8 Å². The molecule has 3 N–H and O–H groups in total. The van der Waals surface area contributed by atoms with Crippen molar-refractivity contribution in [3.8, 4) is 11.1 Å². The molecule has 5 nitrogen and oxygen atoms in total. The van der Waals surface area contributed by atoms with Gasteiger partial charge in [0.15, 0.2) is 0 Å². The van der Waals surface area contributed by atoms with Crippen LogP contribution in [0.15, 0.2) is 82.9 Å². The lowest BCUT2D eigenvalue weighted by molar-refractivity contribution is 0.341. The number of hydrogen-bond acceptors (Lipinski definition) is 2. The van der Waals surface area contributed by atoms with Gasteiger partial charge in [-0.15, -0.1) is 0 Å². The summed E-state index contributed by atoms with van der Waals surface area (Å²) in [5, 5.41) is 3.45. The van der Waals surface area contributed by atoms with Gasteiger partial charge >= 0.3 is 0 Å². The SMILES string of the molecule is C=C(CCCc1ccc(C)c(N)c1)NC(=Nc1ccc2c(c1)-c1ccccc1C2)/N=C(\C)N1CCCCC1. The van der Waals surface area contributed by atoms with Crippen LogP contribution >= 0.6 is 0 Å². The Balaban J connectivity index is 1.33. The fourth-order valence-electron chi connectivity index (χ4n) is 5.40. The first-order chi connectivity index (χ1) is 18.5. The number of aliphatic imine (C=N–C) groups is 2. The van der Waals surface area contributed by atoms with Gasteiger partial charge in [-0.2, -0.15) is 0 Å². The monoisotopic (exact) mass is 505 g/mol. The van der Waals surface area contributed by atoms with Crippen LogP contribution in [0.5, 0.6) is 0 Å². The number of allylic oxidation sites excluding steroid dienone is 1. The quantitative estimate of drug-likeness (QED) is 0.166. The number of benzene rings is 3. The van der Waals surface area contributed by atoms with E-state index in [9.17, 15) is 0 Å². The number of piperidine rings is 1. The van der Waals surface area contributed by atoms with Crippen LogP contribution in [0.3, 0.4) is 0 Å². The zero-order chi connectivity index (χ0) is 26.5. The van der Waals surface area contributed by atoms with E-state index >= 15 is 0 Å². The van der Waals surface area contributed by atoms with Gasteiger partial charge in [-0.25, -0.2) is 9.98 Å². The number of nitrogen functional groups attached to an aromatic ring is 1. The number of nitrogens with zero attached hydrogens (tertiary/aromatic N) is 3. The summed E-state index contributed by atoms with van der Waals surface area (Å²) in [6, 6.07) is 21.5. The average Bonchev–Trinajstić information content (AvgIpc) is 3.29. The Labute approximate surface area is 227 Å². The van der Waals surface area contributed by atoms with Crippen LogP contribution in [0.2, 0.25) is 0 Å². The minimum atomic E-state index is 0.601. The Bertz CT molecular complexity index is 1380. The first-order valence-corrected chi connectivity index (χ1v) is 13.9. The number of guanidine groups is 1. The largest absolute Gasteiger partial charge is 0.399 e. The Morgan fingerprint density at radius 1 is 0.974 bits per heavy atom. The maximum Gasteiger partial charge on any atom is 0.229 e. The lowest BCUT2D eigenvalue weighted by atomic mass is 10.0. The van der Waals surface area contributed by atoms with Crippen molar-refractivity contribution < 1.29 is 0 Å². The molecule has 1 aliphatic carbocycles. The maximum absolute atomic E-state index is 6.10. The van der Waals surface area contributed by atoms with E-state index in [1.807, 2.05) is 6.92 Å². The standard InChI is InChI=1S/C33H39N5/c1-23-14-15-26(20-32(23)34)11-9-10-24(2)35-33(36-25(3)38-18-7-4-8-19-38)37-29-17-16-28-21-27-12-5-6-13-30(27)31(28)22-29/h5-6,12-17,20,22H,2,4,7-11,18-19,21,34H2,1,3H3,(H,35,37)/b36-25+. The molecule has 5 heteroatoms. The summed E-state index contributed by atoms with van der Waals surface area (Å²) in [6.07, 6.45) is 7.48. The van der Waals surface area contributed by atoms with Gasteiger partial charge in [-0.1, -0.05) is 49.0 Å². The zero-order valence-corrected chi connectivity index (χ0v) is 22.8. The van der Waals surface area contributed by atoms with Crippen LogP contribution in [0.4, 0.5) is 11.4 Å². The number of likely N-dealkylation sites (tertiary alicyclic amines) is 1. The van der Waals surface area contributed by atoms with E-state index in [2.05, 4.69) is 84.4 Å². The second kappa shape index (κ2) is 11.7. The van der Waals surface area contributed by atoms with Crippen LogP contribution < -0.4 is 11.1 Å². The molecule has 38 heavy (non-hydrogen) atoms. The minimum Gasteiger partial charge on any atom is -0.399 e. The summed E-state index contributed by atoms with van der Waals surface area (Å²) < 4.78 is 0. The van der Waals surface area contributed by atoms with Gasteiger partial charge in [0.25, 0.3) is 0 Å². The second-order valence-corrected chi connectivity index (χ2v) is 10.6. The van der Waals surface area contributed by atoms with Gasteiger partial charge in [0, 0.05) is 24.5 Å². The van der Waals surface area contributed by atoms with Crippen LogP contribution in [0.1, 0.15) is 61.3 Å². The highest BCUT2D eigenvalue weighted by Gasteiger charge is 2.18. The molecule has 0 radical (unpaired) electrons. The molecule has 1 aliphatic heterocycles. The minimum absolute atomic E-state index is 0.601. The fraction of sp³-hybridized carbons (Fsp3) is 0.333. The highest BCUT2D eigenvalue weighted by atomic mass is 15.2. The number of nitrogens with two attached hydrogens (primary N) is 1. The van der Waals surface area contributed by atoms with E-state index in [1.54, 1.807) is 0 Å². The molecule has 5 rings (SSSR count). The number of amidine groups is 1. The number of nitrogens with one attached hydrogen (secondary N) is 1. The summed E-state index contributed by atoms with van der Waals surface area (Å²) >= 11 is 0. The fourth-order valence-corrected chi connectivity index (χ4v) is 5.40. The molecule has 196 valence electrons. The molecule has 0 spiro atoms. The van der Waals surface area contributed by atoms with Crippen molar-refractivity contribution in [2.75, 3.05) is 18.8 Å². The van der Waals surface area contributed by atoms with Crippen molar-refractivity contribution in [2.45, 2.75) is 58.8 Å². The van der Waals surface area contributed by atoms with Crippen LogP contribution in [0.25, 0.3) is 11.1 Å². The number of fused-ring (bicyclic) bond motifs is 3. The normalized spacial score (nSPS) is 15.3. The smallest absolute Gasteiger partial charge is 0.229 e. The average molecular weight is 506 g/mol. The third-order valence-corrected chi connectivity index (χ3v) is 7.67. The summed E-state index contributed by atoms with van der Waals surface area (Å²) in [7, 11) is 0. The highest BCUT2D eigenvalue weighted by Crippen LogP contribution is 2.38. The van der Waals surface area contributed by atoms with Crippen LogP contribution in [0, 0.1) is 6.92 Å². The molecule has 1 heterocycles. The van der Waals surface area contributed by atoms with Crippen molar-refractivity contribution >= 4 is 23.2 Å².